The summed E-state index contributed by atoms with van der Waals surface area (Å²) in [6, 6.07) is 23.6. The topological polar surface area (TPSA) is 117 Å². The number of carbonyl (C=O) groups excluding carboxylic acids is 2. The summed E-state index contributed by atoms with van der Waals surface area (Å²) in [6.45, 7) is 0. The molecule has 7 nitrogen and oxygen atoms in total. The van der Waals surface area contributed by atoms with Gasteiger partial charge in [0.2, 0.25) is 5.91 Å². The number of nitrogens with one attached hydrogen (secondary N) is 2. The van der Waals surface area contributed by atoms with Crippen LogP contribution in [0.5, 0.6) is 11.5 Å². The van der Waals surface area contributed by atoms with Gasteiger partial charge in [0, 0.05) is 5.69 Å². The molecule has 0 saturated carbocycles. The fraction of sp³-hybridized carbons (Fsp3) is 0.0870. The van der Waals surface area contributed by atoms with Crippen LogP contribution in [0.4, 0.5) is 10.5 Å². The highest BCUT2D eigenvalue weighted by molar-refractivity contribution is 5.91. The molecule has 0 radical (unpaired) electrons. The van der Waals surface area contributed by atoms with Crippen molar-refractivity contribution in [2.45, 2.75) is 12.5 Å². The monoisotopic (exact) mass is 400 g/mol. The molecule has 1 atom stereocenters. The fourth-order valence-electron chi connectivity index (χ4n) is 2.91. The zero-order valence-electron chi connectivity index (χ0n) is 16.0. The van der Waals surface area contributed by atoms with Crippen LogP contribution < -0.4 is 21.1 Å². The van der Waals surface area contributed by atoms with Gasteiger partial charge in [-0.2, -0.15) is 5.26 Å². The molecule has 0 aliphatic carbocycles. The third-order valence-electron chi connectivity index (χ3n) is 4.22. The van der Waals surface area contributed by atoms with Crippen LogP contribution in [0.25, 0.3) is 0 Å². The van der Waals surface area contributed by atoms with Crippen LogP contribution in [0.15, 0.2) is 78.9 Å². The summed E-state index contributed by atoms with van der Waals surface area (Å²) < 4.78 is 5.83. The number of nitrogens with two attached hydrogens (primary N) is 1. The van der Waals surface area contributed by atoms with Crippen LogP contribution in [-0.4, -0.2) is 11.9 Å². The summed E-state index contributed by atoms with van der Waals surface area (Å²) >= 11 is 0. The van der Waals surface area contributed by atoms with E-state index in [2.05, 4.69) is 10.6 Å². The average molecular weight is 400 g/mol. The largest absolute Gasteiger partial charge is 0.457 e. The molecule has 0 bridgehead atoms. The predicted octanol–water partition coefficient (Wildman–Crippen LogP) is 4.09. The zero-order valence-corrected chi connectivity index (χ0v) is 16.0. The van der Waals surface area contributed by atoms with Crippen LogP contribution >= 0.6 is 0 Å². The number of amides is 3. The first-order valence-corrected chi connectivity index (χ1v) is 9.22. The number of primary amides is 1. The van der Waals surface area contributed by atoms with Gasteiger partial charge in [0.15, 0.2) is 0 Å². The second kappa shape index (κ2) is 9.75. The summed E-state index contributed by atoms with van der Waals surface area (Å²) in [5, 5.41) is 14.3. The molecule has 3 aromatic carbocycles. The van der Waals surface area contributed by atoms with Gasteiger partial charge in [0.05, 0.1) is 24.1 Å². The number of rotatable bonds is 7. The first-order chi connectivity index (χ1) is 14.5. The molecule has 0 fully saturated rings. The van der Waals surface area contributed by atoms with E-state index in [-0.39, 0.29) is 12.3 Å². The van der Waals surface area contributed by atoms with E-state index in [1.54, 1.807) is 48.5 Å². The van der Waals surface area contributed by atoms with Crippen molar-refractivity contribution in [1.82, 2.24) is 5.32 Å². The van der Waals surface area contributed by atoms with Gasteiger partial charge in [0.25, 0.3) is 0 Å². The van der Waals surface area contributed by atoms with Gasteiger partial charge in [0.1, 0.15) is 11.5 Å². The van der Waals surface area contributed by atoms with E-state index in [1.807, 2.05) is 36.4 Å². The van der Waals surface area contributed by atoms with Gasteiger partial charge in [-0.05, 0) is 48.0 Å². The molecule has 0 spiro atoms. The molecule has 0 aromatic heterocycles. The molecule has 150 valence electrons. The van der Waals surface area contributed by atoms with Crippen molar-refractivity contribution in [3.63, 3.8) is 0 Å². The highest BCUT2D eigenvalue weighted by atomic mass is 16.5. The maximum atomic E-state index is 12.5. The van der Waals surface area contributed by atoms with Gasteiger partial charge in [-0.25, -0.2) is 4.79 Å². The minimum absolute atomic E-state index is 0.0471. The normalized spacial score (nSPS) is 11.0. The Kier molecular flexibility index (Phi) is 6.64. The number of benzene rings is 3. The number of para-hydroxylation sites is 1. The second-order valence-electron chi connectivity index (χ2n) is 6.49. The van der Waals surface area contributed by atoms with E-state index in [0.29, 0.717) is 28.3 Å². The SMILES string of the molecule is N#Cc1cccc(NC(=O)CC(NC(N)=O)c2cccc(Oc3ccccc3)c2)c1. The smallest absolute Gasteiger partial charge is 0.312 e. The van der Waals surface area contributed by atoms with E-state index < -0.39 is 12.1 Å². The van der Waals surface area contributed by atoms with Crippen molar-refractivity contribution in [1.29, 1.82) is 5.26 Å². The lowest BCUT2D eigenvalue weighted by atomic mass is 10.0. The fourth-order valence-corrected chi connectivity index (χ4v) is 2.91. The van der Waals surface area contributed by atoms with Crippen molar-refractivity contribution in [3.8, 4) is 17.6 Å². The molecular formula is C23H20N4O3. The Morgan fingerprint density at radius 3 is 2.43 bits per heavy atom. The molecule has 3 amide bonds. The lowest BCUT2D eigenvalue weighted by molar-refractivity contribution is -0.116. The Hall–Kier alpha value is -4.31. The molecule has 1 unspecified atom stereocenters. The minimum Gasteiger partial charge on any atom is -0.457 e. The van der Waals surface area contributed by atoms with Crippen molar-refractivity contribution in [2.75, 3.05) is 5.32 Å². The van der Waals surface area contributed by atoms with E-state index in [9.17, 15) is 9.59 Å². The van der Waals surface area contributed by atoms with Crippen molar-refractivity contribution >= 4 is 17.6 Å². The van der Waals surface area contributed by atoms with Gasteiger partial charge in [-0.15, -0.1) is 0 Å². The maximum Gasteiger partial charge on any atom is 0.312 e. The second-order valence-corrected chi connectivity index (χ2v) is 6.49. The van der Waals surface area contributed by atoms with Gasteiger partial charge in [-0.3, -0.25) is 4.79 Å². The molecule has 0 aliphatic rings. The average Bonchev–Trinajstić information content (AvgIpc) is 2.74. The van der Waals surface area contributed by atoms with Crippen molar-refractivity contribution in [2.24, 2.45) is 5.73 Å². The standard InChI is InChI=1S/C23H20N4O3/c24-15-16-6-4-8-18(12-16)26-22(28)14-21(27-23(25)29)17-7-5-11-20(13-17)30-19-9-2-1-3-10-19/h1-13,21H,14H2,(H,26,28)(H3,25,27,29). The summed E-state index contributed by atoms with van der Waals surface area (Å²) in [4.78, 5) is 24.0. The maximum absolute atomic E-state index is 12.5. The van der Waals surface area contributed by atoms with Gasteiger partial charge < -0.3 is 21.1 Å². The third kappa shape index (κ3) is 5.84. The molecular weight excluding hydrogens is 380 g/mol. The van der Waals surface area contributed by atoms with E-state index in [4.69, 9.17) is 15.7 Å². The lowest BCUT2D eigenvalue weighted by Gasteiger charge is -2.19. The molecule has 0 saturated heterocycles. The van der Waals surface area contributed by atoms with Crippen LogP contribution in [0.1, 0.15) is 23.6 Å². The Bertz CT molecular complexity index is 1080. The van der Waals surface area contributed by atoms with Gasteiger partial charge in [-0.1, -0.05) is 36.4 Å². The Balaban J connectivity index is 1.75. The molecule has 0 heterocycles. The first-order valence-electron chi connectivity index (χ1n) is 9.22. The van der Waals surface area contributed by atoms with Crippen LogP contribution in [0, 0.1) is 11.3 Å². The molecule has 7 heteroatoms. The van der Waals surface area contributed by atoms with E-state index in [1.165, 1.54) is 0 Å². The van der Waals surface area contributed by atoms with Crippen LogP contribution in [0.3, 0.4) is 0 Å². The number of nitrogens with zero attached hydrogens (tertiary/aromatic N) is 1. The number of nitriles is 1. The molecule has 3 aromatic rings. The highest BCUT2D eigenvalue weighted by Crippen LogP contribution is 2.26. The van der Waals surface area contributed by atoms with Crippen LogP contribution in [0.2, 0.25) is 0 Å². The van der Waals surface area contributed by atoms with Gasteiger partial charge >= 0.3 is 6.03 Å². The molecule has 3 rings (SSSR count). The number of hydrogen-bond donors (Lipinski definition) is 3. The summed E-state index contributed by atoms with van der Waals surface area (Å²) in [6.07, 6.45) is -0.0471. The third-order valence-corrected chi connectivity index (χ3v) is 4.22. The number of carbonyl (C=O) groups is 2. The predicted molar refractivity (Wildman–Crippen MR) is 113 cm³/mol. The Morgan fingerprint density at radius 2 is 1.70 bits per heavy atom. The van der Waals surface area contributed by atoms with E-state index in [0.717, 1.165) is 0 Å². The van der Waals surface area contributed by atoms with E-state index >= 15 is 0 Å². The Morgan fingerprint density at radius 1 is 0.967 bits per heavy atom. The molecule has 30 heavy (non-hydrogen) atoms. The van der Waals surface area contributed by atoms with Crippen molar-refractivity contribution < 1.29 is 14.3 Å². The molecule has 4 N–H and O–H groups in total. The first kappa shape index (κ1) is 20.4. The quantitative estimate of drug-likeness (QED) is 0.554. The van der Waals surface area contributed by atoms with Crippen LogP contribution in [-0.2, 0) is 4.79 Å². The lowest BCUT2D eigenvalue weighted by Crippen LogP contribution is -2.35. The minimum atomic E-state index is -0.742. The number of ether oxygens (including phenoxy) is 1. The van der Waals surface area contributed by atoms with Crippen molar-refractivity contribution in [3.05, 3.63) is 90.0 Å². The number of anilines is 1. The number of urea groups is 1. The molecule has 0 aliphatic heterocycles. The summed E-state index contributed by atoms with van der Waals surface area (Å²) in [5.41, 5.74) is 6.91. The zero-order chi connectivity index (χ0) is 21.3. The number of hydrogen-bond acceptors (Lipinski definition) is 4. The Labute approximate surface area is 174 Å². The summed E-state index contributed by atoms with van der Waals surface area (Å²) in [5.74, 6) is 0.902. The summed E-state index contributed by atoms with van der Waals surface area (Å²) in [7, 11) is 0. The highest BCUT2D eigenvalue weighted by Gasteiger charge is 2.18.